The lowest BCUT2D eigenvalue weighted by Gasteiger charge is -2.49. The highest BCUT2D eigenvalue weighted by Crippen LogP contribution is 2.40. The van der Waals surface area contributed by atoms with E-state index in [1.807, 2.05) is 0 Å². The average molecular weight is 512 g/mol. The highest BCUT2D eigenvalue weighted by Gasteiger charge is 2.54. The predicted molar refractivity (Wildman–Crippen MR) is 124 cm³/mol. The highest BCUT2D eigenvalue weighted by atomic mass is 32.2. The van der Waals surface area contributed by atoms with Gasteiger partial charge in [-0.25, -0.2) is 9.78 Å². The zero-order valence-electron chi connectivity index (χ0n) is 19.2. The van der Waals surface area contributed by atoms with Crippen molar-refractivity contribution in [1.29, 1.82) is 0 Å². The van der Waals surface area contributed by atoms with Gasteiger partial charge in [0.25, 0.3) is 11.8 Å². The second-order valence-electron chi connectivity index (χ2n) is 8.41. The summed E-state index contributed by atoms with van der Waals surface area (Å²) in [5.41, 5.74) is 5.67. The van der Waals surface area contributed by atoms with Crippen molar-refractivity contribution in [1.82, 2.24) is 15.2 Å². The van der Waals surface area contributed by atoms with Crippen molar-refractivity contribution < 1.29 is 33.5 Å². The van der Waals surface area contributed by atoms with Gasteiger partial charge in [-0.2, -0.15) is 0 Å². The molecule has 2 atom stereocenters. The van der Waals surface area contributed by atoms with Gasteiger partial charge in [0, 0.05) is 11.1 Å². The lowest BCUT2D eigenvalue weighted by molar-refractivity contribution is -0.173. The number of oxime groups is 1. The van der Waals surface area contributed by atoms with Crippen molar-refractivity contribution >= 4 is 57.7 Å². The van der Waals surface area contributed by atoms with Crippen LogP contribution in [0, 0.1) is 5.41 Å². The molecule has 3 N–H and O–H groups in total. The maximum Gasteiger partial charge on any atom is 0.357 e. The fourth-order valence-corrected chi connectivity index (χ4v) is 4.93. The van der Waals surface area contributed by atoms with Crippen molar-refractivity contribution in [2.45, 2.75) is 39.1 Å². The van der Waals surface area contributed by atoms with E-state index in [1.54, 1.807) is 33.1 Å². The fraction of sp³-hybridized carbons (Fsp3) is 0.500. The second-order valence-corrected chi connectivity index (χ2v) is 10.4. The lowest BCUT2D eigenvalue weighted by Crippen LogP contribution is -2.71. The molecule has 0 bridgehead atoms. The van der Waals surface area contributed by atoms with Gasteiger partial charge in [-0.3, -0.25) is 19.3 Å². The summed E-state index contributed by atoms with van der Waals surface area (Å²) in [6.07, 6.45) is 0. The van der Waals surface area contributed by atoms with Crippen LogP contribution in [0.5, 0.6) is 0 Å². The minimum atomic E-state index is -0.898. The maximum atomic E-state index is 12.9. The van der Waals surface area contributed by atoms with E-state index in [2.05, 4.69) is 15.5 Å². The Morgan fingerprint density at radius 1 is 1.32 bits per heavy atom. The summed E-state index contributed by atoms with van der Waals surface area (Å²) in [4.78, 5) is 60.3. The van der Waals surface area contributed by atoms with Gasteiger partial charge in [0.1, 0.15) is 29.9 Å². The highest BCUT2D eigenvalue weighted by molar-refractivity contribution is 8.00. The van der Waals surface area contributed by atoms with Gasteiger partial charge in [-0.05, 0) is 33.3 Å². The predicted octanol–water partition coefficient (Wildman–Crippen LogP) is 0.840. The zero-order valence-corrected chi connectivity index (χ0v) is 20.9. The number of β-lactam (4-membered cyclic amide) rings is 1. The van der Waals surface area contributed by atoms with Gasteiger partial charge < -0.3 is 25.4 Å². The smallest absolute Gasteiger partial charge is 0.357 e. The third kappa shape index (κ3) is 5.17. The van der Waals surface area contributed by atoms with Crippen molar-refractivity contribution in [2.24, 2.45) is 10.6 Å². The van der Waals surface area contributed by atoms with Gasteiger partial charge in [0.15, 0.2) is 10.8 Å². The summed E-state index contributed by atoms with van der Waals surface area (Å²) in [6.45, 7) is 6.15. The van der Waals surface area contributed by atoms with E-state index in [-0.39, 0.29) is 22.2 Å². The molecule has 1 aromatic heterocycles. The van der Waals surface area contributed by atoms with Crippen LogP contribution in [0.2, 0.25) is 0 Å². The molecule has 0 aliphatic carbocycles. The van der Waals surface area contributed by atoms with E-state index in [1.165, 1.54) is 23.8 Å². The number of fused-ring (bicyclic) bond motifs is 1. The first-order valence-corrected chi connectivity index (χ1v) is 12.0. The van der Waals surface area contributed by atoms with Crippen LogP contribution in [-0.4, -0.2) is 70.4 Å². The number of nitrogens with two attached hydrogens (primary N) is 1. The van der Waals surface area contributed by atoms with E-state index >= 15 is 0 Å². The van der Waals surface area contributed by atoms with Crippen molar-refractivity contribution in [3.8, 4) is 0 Å². The summed E-state index contributed by atoms with van der Waals surface area (Å²) in [5, 5.41) is 7.60. The third-order valence-corrected chi connectivity index (χ3v) is 6.89. The van der Waals surface area contributed by atoms with Gasteiger partial charge >= 0.3 is 11.9 Å². The molecular weight excluding hydrogens is 486 g/mol. The SMILES string of the molecule is CON=C(C(=O)NC1C(=O)N2C(C(=O)OCOC(=O)C(C)(C)C)=C(C)CS[C@H]12)c1csc(N)n1. The Morgan fingerprint density at radius 3 is 2.62 bits per heavy atom. The molecule has 1 unspecified atom stereocenters. The van der Waals surface area contributed by atoms with Crippen molar-refractivity contribution in [3.05, 3.63) is 22.3 Å². The standard InChI is InChI=1S/C20H25N5O7S2/c1-9-6-33-16-12(23-14(26)11(24-30-5)10-7-34-19(21)22-10)15(27)25(16)13(9)17(28)31-8-32-18(29)20(2,3)4/h7,12,16H,6,8H2,1-5H3,(H2,21,22)(H,23,26)/t12?,16-/m1/s1. The number of nitrogen functional groups attached to an aromatic ring is 1. The minimum absolute atomic E-state index is 0.0733. The molecule has 14 heteroatoms. The molecule has 0 spiro atoms. The molecule has 2 aliphatic heterocycles. The van der Waals surface area contributed by atoms with Gasteiger partial charge in [-0.15, -0.1) is 23.1 Å². The third-order valence-electron chi connectivity index (χ3n) is 4.79. The first kappa shape index (κ1) is 25.5. The molecule has 12 nitrogen and oxygen atoms in total. The molecule has 34 heavy (non-hydrogen) atoms. The fourth-order valence-electron chi connectivity index (χ4n) is 3.09. The summed E-state index contributed by atoms with van der Waals surface area (Å²) in [7, 11) is 1.28. The van der Waals surface area contributed by atoms with E-state index in [0.29, 0.717) is 11.3 Å². The molecule has 0 radical (unpaired) electrons. The number of hydrogen-bond acceptors (Lipinski definition) is 12. The Labute approximate surface area is 203 Å². The molecule has 1 saturated heterocycles. The number of hydrogen-bond donors (Lipinski definition) is 2. The second kappa shape index (κ2) is 10.0. The van der Waals surface area contributed by atoms with Crippen LogP contribution >= 0.6 is 23.1 Å². The molecule has 0 saturated carbocycles. The van der Waals surface area contributed by atoms with Crippen molar-refractivity contribution in [3.63, 3.8) is 0 Å². The Kier molecular flexibility index (Phi) is 7.51. The number of carbonyl (C=O) groups is 4. The normalized spacial score (nSPS) is 20.3. The first-order chi connectivity index (χ1) is 16.0. The Hall–Kier alpha value is -3.13. The van der Waals surface area contributed by atoms with Gasteiger partial charge in [0.2, 0.25) is 6.79 Å². The molecule has 2 aliphatic rings. The van der Waals surface area contributed by atoms with E-state index in [9.17, 15) is 19.2 Å². The number of amides is 2. The molecule has 0 aromatic carbocycles. The summed E-state index contributed by atoms with van der Waals surface area (Å²) in [6, 6.07) is -0.898. The number of thioether (sulfide) groups is 1. The van der Waals surface area contributed by atoms with Crippen LogP contribution < -0.4 is 11.1 Å². The molecule has 1 aromatic rings. The maximum absolute atomic E-state index is 12.9. The number of aromatic nitrogens is 1. The average Bonchev–Trinajstić information content (AvgIpc) is 3.20. The number of nitrogens with zero attached hydrogens (tertiary/aromatic N) is 3. The first-order valence-electron chi connectivity index (χ1n) is 10.1. The number of ether oxygens (including phenoxy) is 2. The van der Waals surface area contributed by atoms with Crippen LogP contribution in [0.15, 0.2) is 21.8 Å². The number of anilines is 1. The Balaban J connectivity index is 1.66. The van der Waals surface area contributed by atoms with Gasteiger partial charge in [0.05, 0.1) is 5.41 Å². The topological polar surface area (TPSA) is 163 Å². The molecule has 3 heterocycles. The Morgan fingerprint density at radius 2 is 2.03 bits per heavy atom. The minimum Gasteiger partial charge on any atom is -0.427 e. The number of thiazole rings is 1. The molecular formula is C20H25N5O7S2. The van der Waals surface area contributed by atoms with Crippen LogP contribution in [0.25, 0.3) is 0 Å². The molecule has 3 rings (SSSR count). The monoisotopic (exact) mass is 511 g/mol. The number of esters is 2. The summed E-state index contributed by atoms with van der Waals surface area (Å²) in [5.74, 6) is -2.04. The van der Waals surface area contributed by atoms with E-state index in [0.717, 1.165) is 11.3 Å². The number of rotatable bonds is 7. The number of nitrogens with one attached hydrogen (secondary N) is 1. The van der Waals surface area contributed by atoms with Crippen LogP contribution in [0.3, 0.4) is 0 Å². The largest absolute Gasteiger partial charge is 0.427 e. The molecule has 1 fully saturated rings. The summed E-state index contributed by atoms with van der Waals surface area (Å²) >= 11 is 2.52. The van der Waals surface area contributed by atoms with Crippen LogP contribution in [0.4, 0.5) is 5.13 Å². The van der Waals surface area contributed by atoms with Crippen LogP contribution in [0.1, 0.15) is 33.4 Å². The summed E-state index contributed by atoms with van der Waals surface area (Å²) < 4.78 is 10.0. The molecule has 184 valence electrons. The number of carbonyl (C=O) groups excluding carboxylic acids is 4. The Bertz CT molecular complexity index is 1080. The van der Waals surface area contributed by atoms with Crippen molar-refractivity contribution in [2.75, 3.05) is 25.4 Å². The van der Waals surface area contributed by atoms with E-state index < -0.39 is 47.4 Å². The van der Waals surface area contributed by atoms with Crippen LogP contribution in [-0.2, 0) is 33.5 Å². The lowest BCUT2D eigenvalue weighted by atomic mass is 9.98. The zero-order chi connectivity index (χ0) is 25.2. The van der Waals surface area contributed by atoms with E-state index in [4.69, 9.17) is 20.0 Å². The van der Waals surface area contributed by atoms with Gasteiger partial charge in [-0.1, -0.05) is 5.16 Å². The quantitative estimate of drug-likeness (QED) is 0.176. The molecule has 2 amide bonds.